The summed E-state index contributed by atoms with van der Waals surface area (Å²) in [7, 11) is 0. The van der Waals surface area contributed by atoms with Gasteiger partial charge >= 0.3 is 0 Å². The van der Waals surface area contributed by atoms with Gasteiger partial charge in [0.1, 0.15) is 5.76 Å². The van der Waals surface area contributed by atoms with Crippen molar-refractivity contribution in [3.05, 3.63) is 41.2 Å². The van der Waals surface area contributed by atoms with Crippen molar-refractivity contribution in [2.75, 3.05) is 6.54 Å². The highest BCUT2D eigenvalue weighted by atomic mass is 32.2. The summed E-state index contributed by atoms with van der Waals surface area (Å²) < 4.78 is 5.78. The number of hydrogen-bond acceptors (Lipinski definition) is 6. The molecule has 3 heterocycles. The molecule has 0 aromatic carbocycles. The Morgan fingerprint density at radius 3 is 3.17 bits per heavy atom. The lowest BCUT2D eigenvalue weighted by Gasteiger charge is -2.39. The summed E-state index contributed by atoms with van der Waals surface area (Å²) in [4.78, 5) is 5.58. The summed E-state index contributed by atoms with van der Waals surface area (Å²) in [5, 5.41) is 4.20. The van der Waals surface area contributed by atoms with Gasteiger partial charge in [0, 0.05) is 13.0 Å². The molecule has 0 aromatic rings. The van der Waals surface area contributed by atoms with Crippen LogP contribution in [-0.4, -0.2) is 23.1 Å². The standard InChI is InChI=1S/C12H16N3OS2/c1-5-11(16-13-7-1)10-4-2-9-18-15(10)12-6-3-8-17-14-12/h2-5,8-10,12-14H,1,6-7H2. The van der Waals surface area contributed by atoms with Crippen molar-refractivity contribution < 1.29 is 4.84 Å². The summed E-state index contributed by atoms with van der Waals surface area (Å²) in [6, 6.07) is 0.192. The molecule has 3 aliphatic rings. The Morgan fingerprint density at radius 1 is 1.39 bits per heavy atom. The van der Waals surface area contributed by atoms with E-state index in [0.29, 0.717) is 6.17 Å². The molecule has 2 atom stereocenters. The fourth-order valence-corrected chi connectivity index (χ4v) is 3.69. The van der Waals surface area contributed by atoms with Crippen molar-refractivity contribution in [3.8, 4) is 0 Å². The third-order valence-electron chi connectivity index (χ3n) is 2.94. The molecule has 0 aliphatic carbocycles. The van der Waals surface area contributed by atoms with Crippen LogP contribution in [-0.2, 0) is 4.84 Å². The number of nitrogens with one attached hydrogen (secondary N) is 2. The van der Waals surface area contributed by atoms with Gasteiger partial charge in [0.25, 0.3) is 0 Å². The van der Waals surface area contributed by atoms with Crippen molar-refractivity contribution in [2.24, 2.45) is 0 Å². The predicted octanol–water partition coefficient (Wildman–Crippen LogP) is 2.33. The van der Waals surface area contributed by atoms with Crippen LogP contribution in [0.1, 0.15) is 12.8 Å². The van der Waals surface area contributed by atoms with Crippen LogP contribution in [0.4, 0.5) is 0 Å². The molecule has 0 saturated carbocycles. The second kappa shape index (κ2) is 6.16. The quantitative estimate of drug-likeness (QED) is 0.757. The van der Waals surface area contributed by atoms with Gasteiger partial charge in [-0.1, -0.05) is 24.1 Å². The fraction of sp³-hybridized carbons (Fsp3) is 0.417. The first-order valence-corrected chi connectivity index (χ1v) is 7.78. The molecule has 0 aromatic heterocycles. The predicted molar refractivity (Wildman–Crippen MR) is 76.7 cm³/mol. The lowest BCUT2D eigenvalue weighted by Crippen LogP contribution is -2.47. The molecule has 18 heavy (non-hydrogen) atoms. The van der Waals surface area contributed by atoms with Crippen molar-refractivity contribution in [1.29, 1.82) is 0 Å². The molecule has 0 saturated heterocycles. The summed E-state index contributed by atoms with van der Waals surface area (Å²) >= 11 is 3.38. The molecule has 1 radical (unpaired) electrons. The highest BCUT2D eigenvalue weighted by molar-refractivity contribution is 8.01. The van der Waals surface area contributed by atoms with Crippen molar-refractivity contribution in [1.82, 2.24) is 14.5 Å². The number of nitrogens with zero attached hydrogens (tertiary/aromatic N) is 1. The average molecular weight is 282 g/mol. The molecule has 2 unspecified atom stereocenters. The number of rotatable bonds is 2. The van der Waals surface area contributed by atoms with E-state index >= 15 is 0 Å². The highest BCUT2D eigenvalue weighted by Crippen LogP contribution is 2.33. The maximum Gasteiger partial charge on any atom is 0.139 e. The summed E-state index contributed by atoms with van der Waals surface area (Å²) in [5.74, 6) is 0.999. The molecule has 0 fully saturated rings. The van der Waals surface area contributed by atoms with E-state index in [0.717, 1.165) is 25.1 Å². The van der Waals surface area contributed by atoms with E-state index in [1.807, 2.05) is 0 Å². The third-order valence-corrected chi connectivity index (χ3v) is 4.68. The molecule has 0 bridgehead atoms. The van der Waals surface area contributed by atoms with Crippen LogP contribution in [0.2, 0.25) is 0 Å². The van der Waals surface area contributed by atoms with Crippen LogP contribution >= 0.6 is 23.9 Å². The maximum atomic E-state index is 5.58. The minimum absolute atomic E-state index is 0.192. The third kappa shape index (κ3) is 2.78. The van der Waals surface area contributed by atoms with E-state index in [1.165, 1.54) is 0 Å². The molecule has 4 nitrogen and oxygen atoms in total. The van der Waals surface area contributed by atoms with Gasteiger partial charge in [0.05, 0.1) is 12.2 Å². The Hall–Kier alpha value is -0.400. The van der Waals surface area contributed by atoms with Gasteiger partial charge in [0.15, 0.2) is 0 Å². The van der Waals surface area contributed by atoms with Gasteiger partial charge in [-0.05, 0) is 41.7 Å². The molecule has 0 spiro atoms. The zero-order valence-electron chi connectivity index (χ0n) is 9.91. The molecule has 97 valence electrons. The van der Waals surface area contributed by atoms with Crippen LogP contribution in [0.5, 0.6) is 0 Å². The summed E-state index contributed by atoms with van der Waals surface area (Å²) in [5.41, 5.74) is 2.97. The Morgan fingerprint density at radius 2 is 2.39 bits per heavy atom. The van der Waals surface area contributed by atoms with Gasteiger partial charge < -0.3 is 4.84 Å². The van der Waals surface area contributed by atoms with E-state index in [-0.39, 0.29) is 6.04 Å². The molecule has 2 N–H and O–H groups in total. The number of hydroxylamine groups is 1. The first kappa shape index (κ1) is 12.6. The SMILES string of the molecule is [CH]1C=CSN(C2CC=CSN2)C1C1=CCCNO1. The first-order valence-electron chi connectivity index (χ1n) is 6.06. The van der Waals surface area contributed by atoms with Crippen LogP contribution in [0.25, 0.3) is 0 Å². The molecule has 0 amide bonds. The van der Waals surface area contributed by atoms with Gasteiger partial charge in [-0.2, -0.15) is 5.48 Å². The van der Waals surface area contributed by atoms with Gasteiger partial charge in [-0.15, -0.1) is 0 Å². The molecule has 3 rings (SSSR count). The Bertz CT molecular complexity index is 384. The molecular formula is C12H16N3OS2. The second-order valence-corrected chi connectivity index (χ2v) is 5.83. The zero-order valence-corrected chi connectivity index (χ0v) is 11.5. The Balaban J connectivity index is 1.75. The first-order chi connectivity index (χ1) is 8.95. The monoisotopic (exact) mass is 282 g/mol. The van der Waals surface area contributed by atoms with E-state index in [1.54, 1.807) is 23.9 Å². The lowest BCUT2D eigenvalue weighted by molar-refractivity contribution is 0.0670. The van der Waals surface area contributed by atoms with Crippen LogP contribution in [0.3, 0.4) is 0 Å². The molecule has 3 aliphatic heterocycles. The molecular weight excluding hydrogens is 266 g/mol. The topological polar surface area (TPSA) is 36.5 Å². The lowest BCUT2D eigenvalue weighted by atomic mass is 10.1. The summed E-state index contributed by atoms with van der Waals surface area (Å²) in [6.07, 6.45) is 11.0. The van der Waals surface area contributed by atoms with Gasteiger partial charge in [0.2, 0.25) is 0 Å². The average Bonchev–Trinajstić information content (AvgIpc) is 2.49. The fourth-order valence-electron chi connectivity index (χ4n) is 2.08. The second-order valence-electron chi connectivity index (χ2n) is 4.18. The van der Waals surface area contributed by atoms with Crippen molar-refractivity contribution in [3.63, 3.8) is 0 Å². The molecule has 6 heteroatoms. The Labute approximate surface area is 116 Å². The minimum atomic E-state index is 0.192. The summed E-state index contributed by atoms with van der Waals surface area (Å²) in [6.45, 7) is 0.888. The number of hydrogen-bond donors (Lipinski definition) is 2. The Kier molecular flexibility index (Phi) is 4.32. The zero-order chi connectivity index (χ0) is 12.2. The van der Waals surface area contributed by atoms with Crippen molar-refractivity contribution >= 4 is 23.9 Å². The van der Waals surface area contributed by atoms with Gasteiger partial charge in [-0.3, -0.25) is 0 Å². The van der Waals surface area contributed by atoms with Crippen LogP contribution in [0.15, 0.2) is 34.8 Å². The normalized spacial score (nSPS) is 33.0. The smallest absolute Gasteiger partial charge is 0.139 e. The van der Waals surface area contributed by atoms with Crippen LogP contribution < -0.4 is 10.2 Å². The maximum absolute atomic E-state index is 5.58. The van der Waals surface area contributed by atoms with Gasteiger partial charge in [-0.25, -0.2) is 9.03 Å². The van der Waals surface area contributed by atoms with Crippen LogP contribution in [0, 0.1) is 6.42 Å². The largest absolute Gasteiger partial charge is 0.412 e. The van der Waals surface area contributed by atoms with E-state index in [4.69, 9.17) is 4.84 Å². The van der Waals surface area contributed by atoms with E-state index < -0.39 is 0 Å². The van der Waals surface area contributed by atoms with Crippen molar-refractivity contribution in [2.45, 2.75) is 25.0 Å². The van der Waals surface area contributed by atoms with E-state index in [9.17, 15) is 0 Å². The van der Waals surface area contributed by atoms with E-state index in [2.05, 4.69) is 50.0 Å². The minimum Gasteiger partial charge on any atom is -0.412 e. The highest BCUT2D eigenvalue weighted by Gasteiger charge is 2.32.